The predicted molar refractivity (Wildman–Crippen MR) is 64.1 cm³/mol. The number of rotatable bonds is 4. The van der Waals surface area contributed by atoms with E-state index in [9.17, 15) is 0 Å². The summed E-state index contributed by atoms with van der Waals surface area (Å²) in [6.45, 7) is 1.72. The largest absolute Gasteiger partial charge is 0.308 e. The quantitative estimate of drug-likeness (QED) is 0.886. The van der Waals surface area contributed by atoms with Gasteiger partial charge in [-0.2, -0.15) is 0 Å². The van der Waals surface area contributed by atoms with Crippen molar-refractivity contribution < 1.29 is 0 Å². The van der Waals surface area contributed by atoms with E-state index in [2.05, 4.69) is 10.3 Å². The van der Waals surface area contributed by atoms with Crippen molar-refractivity contribution in [2.24, 2.45) is 0 Å². The average molecular weight is 239 g/mol. The van der Waals surface area contributed by atoms with Crippen LogP contribution in [0.3, 0.4) is 0 Å². The number of pyridine rings is 1. The van der Waals surface area contributed by atoms with Gasteiger partial charge in [0.15, 0.2) is 0 Å². The summed E-state index contributed by atoms with van der Waals surface area (Å²) in [6, 6.07) is 6.01. The molecule has 0 atom stereocenters. The monoisotopic (exact) mass is 238 g/mol. The van der Waals surface area contributed by atoms with Gasteiger partial charge in [0.2, 0.25) is 0 Å². The lowest BCUT2D eigenvalue weighted by atomic mass is 10.3. The van der Waals surface area contributed by atoms with E-state index in [0.29, 0.717) is 0 Å². The van der Waals surface area contributed by atoms with Crippen molar-refractivity contribution >= 4 is 22.9 Å². The molecular weight excluding hydrogens is 228 g/mol. The Bertz CT molecular complexity index is 414. The molecule has 78 valence electrons. The molecule has 2 aromatic heterocycles. The summed E-state index contributed by atoms with van der Waals surface area (Å²) >= 11 is 7.51. The molecule has 0 amide bonds. The number of nitrogens with zero attached hydrogens (tertiary/aromatic N) is 1. The van der Waals surface area contributed by atoms with Gasteiger partial charge in [0.25, 0.3) is 0 Å². The standard InChI is InChI=1S/C11H11ClN2S/c12-10-5-11(15-8-10)7-14-6-9-1-3-13-4-2-9/h1-5,8,14H,6-7H2. The van der Waals surface area contributed by atoms with E-state index in [-0.39, 0.29) is 0 Å². The zero-order valence-electron chi connectivity index (χ0n) is 8.11. The number of hydrogen-bond acceptors (Lipinski definition) is 3. The van der Waals surface area contributed by atoms with Crippen LogP contribution in [0.2, 0.25) is 5.02 Å². The minimum absolute atomic E-state index is 0.820. The van der Waals surface area contributed by atoms with E-state index < -0.39 is 0 Å². The number of nitrogens with one attached hydrogen (secondary N) is 1. The van der Waals surface area contributed by atoms with Crippen LogP contribution in [0.4, 0.5) is 0 Å². The number of aromatic nitrogens is 1. The maximum absolute atomic E-state index is 5.83. The topological polar surface area (TPSA) is 24.9 Å². The van der Waals surface area contributed by atoms with Crippen molar-refractivity contribution in [2.45, 2.75) is 13.1 Å². The van der Waals surface area contributed by atoms with Gasteiger partial charge >= 0.3 is 0 Å². The highest BCUT2D eigenvalue weighted by atomic mass is 35.5. The van der Waals surface area contributed by atoms with Crippen LogP contribution in [-0.4, -0.2) is 4.98 Å². The van der Waals surface area contributed by atoms with E-state index in [1.165, 1.54) is 10.4 Å². The van der Waals surface area contributed by atoms with Crippen LogP contribution in [0.15, 0.2) is 36.0 Å². The van der Waals surface area contributed by atoms with Crippen molar-refractivity contribution in [1.82, 2.24) is 10.3 Å². The summed E-state index contributed by atoms with van der Waals surface area (Å²) in [7, 11) is 0. The molecule has 0 aliphatic rings. The van der Waals surface area contributed by atoms with Crippen molar-refractivity contribution in [1.29, 1.82) is 0 Å². The molecule has 2 rings (SSSR count). The van der Waals surface area contributed by atoms with Crippen LogP contribution >= 0.6 is 22.9 Å². The minimum atomic E-state index is 0.820. The molecule has 2 nitrogen and oxygen atoms in total. The summed E-state index contributed by atoms with van der Waals surface area (Å²) in [5, 5.41) is 6.12. The molecule has 15 heavy (non-hydrogen) atoms. The Labute approximate surface area is 97.9 Å². The van der Waals surface area contributed by atoms with Gasteiger partial charge in [-0.1, -0.05) is 11.6 Å². The van der Waals surface area contributed by atoms with Crippen LogP contribution in [-0.2, 0) is 13.1 Å². The first-order valence-corrected chi connectivity index (χ1v) is 5.93. The molecule has 1 N–H and O–H groups in total. The minimum Gasteiger partial charge on any atom is -0.308 e. The molecular formula is C11H11ClN2S. The molecule has 0 radical (unpaired) electrons. The predicted octanol–water partition coefficient (Wildman–Crippen LogP) is 3.09. The van der Waals surface area contributed by atoms with E-state index >= 15 is 0 Å². The molecule has 2 heterocycles. The molecule has 0 saturated carbocycles. The van der Waals surface area contributed by atoms with Gasteiger partial charge in [-0.05, 0) is 23.8 Å². The van der Waals surface area contributed by atoms with Gasteiger partial charge < -0.3 is 5.32 Å². The number of thiophene rings is 1. The maximum atomic E-state index is 5.83. The summed E-state index contributed by atoms with van der Waals surface area (Å²) in [5.41, 5.74) is 1.24. The molecule has 0 bridgehead atoms. The molecule has 0 aliphatic carbocycles. The van der Waals surface area contributed by atoms with Crippen molar-refractivity contribution in [3.8, 4) is 0 Å². The number of hydrogen-bond donors (Lipinski definition) is 1. The van der Waals surface area contributed by atoms with Crippen molar-refractivity contribution in [3.63, 3.8) is 0 Å². The average Bonchev–Trinajstić information content (AvgIpc) is 2.66. The van der Waals surface area contributed by atoms with Gasteiger partial charge in [-0.3, -0.25) is 4.98 Å². The fourth-order valence-corrected chi connectivity index (χ4v) is 2.32. The molecule has 4 heteroatoms. The van der Waals surface area contributed by atoms with Crippen molar-refractivity contribution in [3.05, 3.63) is 51.4 Å². The van der Waals surface area contributed by atoms with Gasteiger partial charge in [-0.25, -0.2) is 0 Å². The van der Waals surface area contributed by atoms with Crippen LogP contribution in [0.1, 0.15) is 10.4 Å². The zero-order chi connectivity index (χ0) is 10.5. The van der Waals surface area contributed by atoms with Crippen molar-refractivity contribution in [2.75, 3.05) is 0 Å². The van der Waals surface area contributed by atoms with Gasteiger partial charge in [0.05, 0.1) is 5.02 Å². The van der Waals surface area contributed by atoms with Gasteiger partial charge in [0.1, 0.15) is 0 Å². The highest BCUT2D eigenvalue weighted by Gasteiger charge is 1.97. The van der Waals surface area contributed by atoms with E-state index in [4.69, 9.17) is 11.6 Å². The highest BCUT2D eigenvalue weighted by Crippen LogP contribution is 2.18. The second-order valence-electron chi connectivity index (χ2n) is 3.19. The molecule has 0 unspecified atom stereocenters. The number of halogens is 1. The lowest BCUT2D eigenvalue weighted by molar-refractivity contribution is 0.700. The Morgan fingerprint density at radius 2 is 2.07 bits per heavy atom. The Hall–Kier alpha value is -0.900. The van der Waals surface area contributed by atoms with E-state index in [0.717, 1.165) is 18.1 Å². The fraction of sp³-hybridized carbons (Fsp3) is 0.182. The first-order chi connectivity index (χ1) is 7.34. The lowest BCUT2D eigenvalue weighted by Gasteiger charge is -2.02. The lowest BCUT2D eigenvalue weighted by Crippen LogP contribution is -2.11. The second-order valence-corrected chi connectivity index (χ2v) is 4.62. The third-order valence-corrected chi connectivity index (χ3v) is 3.28. The normalized spacial score (nSPS) is 10.5. The van der Waals surface area contributed by atoms with Crippen LogP contribution in [0.25, 0.3) is 0 Å². The first-order valence-electron chi connectivity index (χ1n) is 4.67. The third kappa shape index (κ3) is 3.30. The summed E-state index contributed by atoms with van der Waals surface area (Å²) in [6.07, 6.45) is 3.61. The Morgan fingerprint density at radius 1 is 1.27 bits per heavy atom. The zero-order valence-corrected chi connectivity index (χ0v) is 9.68. The van der Waals surface area contributed by atoms with Gasteiger partial charge in [-0.15, -0.1) is 11.3 Å². The summed E-state index contributed by atoms with van der Waals surface area (Å²) in [5.74, 6) is 0. The van der Waals surface area contributed by atoms with Crippen LogP contribution < -0.4 is 5.32 Å². The summed E-state index contributed by atoms with van der Waals surface area (Å²) < 4.78 is 0. The molecule has 0 fully saturated rings. The molecule has 0 spiro atoms. The highest BCUT2D eigenvalue weighted by molar-refractivity contribution is 7.10. The first kappa shape index (κ1) is 10.6. The smallest absolute Gasteiger partial charge is 0.0516 e. The molecule has 0 aromatic carbocycles. The van der Waals surface area contributed by atoms with Crippen LogP contribution in [0, 0.1) is 0 Å². The maximum Gasteiger partial charge on any atom is 0.0516 e. The molecule has 0 aliphatic heterocycles. The third-order valence-electron chi connectivity index (χ3n) is 2.00. The Kier molecular flexibility index (Phi) is 3.72. The Morgan fingerprint density at radius 3 is 2.73 bits per heavy atom. The summed E-state index contributed by atoms with van der Waals surface area (Å²) in [4.78, 5) is 5.23. The SMILES string of the molecule is Clc1csc(CNCc2ccncc2)c1. The Balaban J connectivity index is 1.80. The van der Waals surface area contributed by atoms with E-state index in [1.54, 1.807) is 23.7 Å². The van der Waals surface area contributed by atoms with Crippen LogP contribution in [0.5, 0.6) is 0 Å². The van der Waals surface area contributed by atoms with E-state index in [1.807, 2.05) is 23.6 Å². The second kappa shape index (κ2) is 5.26. The fourth-order valence-electron chi connectivity index (χ4n) is 1.28. The molecule has 0 saturated heterocycles. The molecule has 2 aromatic rings. The van der Waals surface area contributed by atoms with Gasteiger partial charge in [0, 0.05) is 35.7 Å².